The van der Waals surface area contributed by atoms with Gasteiger partial charge in [-0.25, -0.2) is 18.9 Å². The molecule has 1 saturated heterocycles. The zero-order valence-corrected chi connectivity index (χ0v) is 16.1. The largest absolute Gasteiger partial charge is 0.477 e. The van der Waals surface area contributed by atoms with Gasteiger partial charge in [0.1, 0.15) is 17.2 Å². The SMILES string of the molecule is Cc1nn2ccc3nc2c1C(=O)NCCCOc1ncc(F)cc1[C@H]1CCCN31. The van der Waals surface area contributed by atoms with Crippen LogP contribution >= 0.6 is 0 Å². The van der Waals surface area contributed by atoms with Crippen molar-refractivity contribution >= 4 is 17.4 Å². The third-order valence-electron chi connectivity index (χ3n) is 5.47. The summed E-state index contributed by atoms with van der Waals surface area (Å²) in [5.41, 5.74) is 2.36. The fourth-order valence-electron chi connectivity index (χ4n) is 4.15. The van der Waals surface area contributed by atoms with Crippen LogP contribution in [0.15, 0.2) is 24.5 Å². The number of nitrogens with zero attached hydrogens (tertiary/aromatic N) is 5. The van der Waals surface area contributed by atoms with Crippen molar-refractivity contribution in [1.29, 1.82) is 0 Å². The van der Waals surface area contributed by atoms with Gasteiger partial charge in [0.2, 0.25) is 5.88 Å². The van der Waals surface area contributed by atoms with E-state index in [9.17, 15) is 9.18 Å². The zero-order chi connectivity index (χ0) is 20.0. The number of carbonyl (C=O) groups excluding carboxylic acids is 1. The van der Waals surface area contributed by atoms with Crippen LogP contribution in [0.25, 0.3) is 5.65 Å². The van der Waals surface area contributed by atoms with Crippen molar-refractivity contribution in [1.82, 2.24) is 24.9 Å². The predicted molar refractivity (Wildman–Crippen MR) is 104 cm³/mol. The van der Waals surface area contributed by atoms with Crippen molar-refractivity contribution in [2.75, 3.05) is 24.6 Å². The first-order valence-corrected chi connectivity index (χ1v) is 9.81. The lowest BCUT2D eigenvalue weighted by atomic mass is 10.1. The molecule has 1 N–H and O–H groups in total. The Labute approximate surface area is 166 Å². The van der Waals surface area contributed by atoms with Gasteiger partial charge in [0, 0.05) is 24.8 Å². The summed E-state index contributed by atoms with van der Waals surface area (Å²) >= 11 is 0. The van der Waals surface area contributed by atoms with Gasteiger partial charge in [0.05, 0.1) is 24.5 Å². The number of fused-ring (bicyclic) bond motifs is 5. The lowest BCUT2D eigenvalue weighted by Gasteiger charge is -2.27. The van der Waals surface area contributed by atoms with Crippen LogP contribution in [-0.4, -0.2) is 45.2 Å². The van der Waals surface area contributed by atoms with E-state index in [1.54, 1.807) is 11.4 Å². The summed E-state index contributed by atoms with van der Waals surface area (Å²) in [5.74, 6) is 0.581. The third-order valence-corrected chi connectivity index (χ3v) is 5.47. The molecule has 29 heavy (non-hydrogen) atoms. The fourth-order valence-corrected chi connectivity index (χ4v) is 4.15. The number of anilines is 1. The number of hydrogen-bond donors (Lipinski definition) is 1. The summed E-state index contributed by atoms with van der Waals surface area (Å²) in [6.45, 7) is 3.41. The summed E-state index contributed by atoms with van der Waals surface area (Å²) in [6.07, 6.45) is 5.38. The van der Waals surface area contributed by atoms with E-state index in [-0.39, 0.29) is 17.8 Å². The second-order valence-electron chi connectivity index (χ2n) is 7.37. The van der Waals surface area contributed by atoms with Crippen molar-refractivity contribution < 1.29 is 13.9 Å². The number of halogens is 1. The van der Waals surface area contributed by atoms with Crippen LogP contribution in [0.3, 0.4) is 0 Å². The average molecular weight is 396 g/mol. The summed E-state index contributed by atoms with van der Waals surface area (Å²) < 4.78 is 21.5. The molecule has 5 rings (SSSR count). The topological polar surface area (TPSA) is 84.7 Å². The Kier molecular flexibility index (Phi) is 4.30. The van der Waals surface area contributed by atoms with Crippen molar-refractivity contribution in [2.45, 2.75) is 32.2 Å². The monoisotopic (exact) mass is 396 g/mol. The molecule has 3 aromatic rings. The highest BCUT2D eigenvalue weighted by Crippen LogP contribution is 2.39. The summed E-state index contributed by atoms with van der Waals surface area (Å²) in [4.78, 5) is 23.8. The van der Waals surface area contributed by atoms with E-state index >= 15 is 0 Å². The number of carbonyl (C=O) groups is 1. The number of ether oxygens (including phenoxy) is 1. The van der Waals surface area contributed by atoms with Crippen LogP contribution in [0.4, 0.5) is 10.2 Å². The summed E-state index contributed by atoms with van der Waals surface area (Å²) in [7, 11) is 0. The Morgan fingerprint density at radius 2 is 2.24 bits per heavy atom. The maximum absolute atomic E-state index is 14.0. The third kappa shape index (κ3) is 3.06. The molecule has 0 saturated carbocycles. The first-order valence-electron chi connectivity index (χ1n) is 9.81. The number of aryl methyl sites for hydroxylation is 1. The first kappa shape index (κ1) is 17.8. The molecule has 150 valence electrons. The Balaban J connectivity index is 1.67. The Bertz CT molecular complexity index is 1100. The summed E-state index contributed by atoms with van der Waals surface area (Å²) in [6, 6.07) is 3.29. The molecule has 2 bridgehead atoms. The Morgan fingerprint density at radius 3 is 3.14 bits per heavy atom. The lowest BCUT2D eigenvalue weighted by Crippen LogP contribution is -2.28. The predicted octanol–water partition coefficient (Wildman–Crippen LogP) is 2.43. The average Bonchev–Trinajstić information content (AvgIpc) is 3.31. The molecule has 0 aliphatic carbocycles. The van der Waals surface area contributed by atoms with Gasteiger partial charge in [0.15, 0.2) is 5.65 Å². The van der Waals surface area contributed by atoms with Gasteiger partial charge in [-0.15, -0.1) is 0 Å². The molecule has 0 radical (unpaired) electrons. The lowest BCUT2D eigenvalue weighted by molar-refractivity contribution is 0.0952. The minimum Gasteiger partial charge on any atom is -0.477 e. The van der Waals surface area contributed by atoms with Gasteiger partial charge in [-0.1, -0.05) is 0 Å². The molecule has 9 heteroatoms. The maximum atomic E-state index is 14.0. The molecule has 2 aliphatic heterocycles. The van der Waals surface area contributed by atoms with Gasteiger partial charge in [0.25, 0.3) is 5.91 Å². The van der Waals surface area contributed by atoms with Gasteiger partial charge < -0.3 is 15.0 Å². The maximum Gasteiger partial charge on any atom is 0.257 e. The van der Waals surface area contributed by atoms with Crippen LogP contribution < -0.4 is 15.0 Å². The number of aromatic nitrogens is 4. The molecule has 2 aliphatic rings. The number of rotatable bonds is 0. The van der Waals surface area contributed by atoms with Crippen LogP contribution in [0.1, 0.15) is 46.9 Å². The molecular weight excluding hydrogens is 375 g/mol. The van der Waals surface area contributed by atoms with Gasteiger partial charge >= 0.3 is 0 Å². The van der Waals surface area contributed by atoms with E-state index < -0.39 is 0 Å². The minimum atomic E-state index is -0.385. The molecule has 1 amide bonds. The quantitative estimate of drug-likeness (QED) is 0.628. The van der Waals surface area contributed by atoms with Crippen LogP contribution in [0, 0.1) is 12.7 Å². The molecule has 1 atom stereocenters. The fraction of sp³-hybridized carbons (Fsp3) is 0.400. The summed E-state index contributed by atoms with van der Waals surface area (Å²) in [5, 5.41) is 7.33. The van der Waals surface area contributed by atoms with E-state index in [0.717, 1.165) is 30.8 Å². The number of amides is 1. The number of hydrogen-bond acceptors (Lipinski definition) is 6. The van der Waals surface area contributed by atoms with Crippen molar-refractivity contribution in [3.63, 3.8) is 0 Å². The van der Waals surface area contributed by atoms with Gasteiger partial charge in [-0.2, -0.15) is 5.10 Å². The highest BCUT2D eigenvalue weighted by atomic mass is 19.1. The van der Waals surface area contributed by atoms with E-state index in [2.05, 4.69) is 20.3 Å². The second-order valence-corrected chi connectivity index (χ2v) is 7.37. The zero-order valence-electron chi connectivity index (χ0n) is 16.1. The molecule has 8 nitrogen and oxygen atoms in total. The highest BCUT2D eigenvalue weighted by molar-refractivity contribution is 6.01. The van der Waals surface area contributed by atoms with Crippen molar-refractivity contribution in [3.05, 3.63) is 47.2 Å². The molecular formula is C20H21FN6O2. The molecule has 0 aromatic carbocycles. The number of pyridine rings is 1. The molecule has 0 spiro atoms. The van der Waals surface area contributed by atoms with Crippen LogP contribution in [-0.2, 0) is 0 Å². The van der Waals surface area contributed by atoms with E-state index in [1.165, 1.54) is 12.3 Å². The van der Waals surface area contributed by atoms with E-state index in [0.29, 0.717) is 42.4 Å². The standard InChI is InChI=1S/C20H21FN6O2/c1-12-17-18-24-16(5-8-27(18)25-12)26-7-2-4-15(26)14-10-13(21)11-23-20(14)29-9-3-6-22-19(17)28/h5,8,10-11,15H,2-4,6-7,9H2,1H3,(H,22,28)/t15-/m1/s1. The van der Waals surface area contributed by atoms with Gasteiger partial charge in [-0.05, 0) is 38.3 Å². The smallest absolute Gasteiger partial charge is 0.257 e. The van der Waals surface area contributed by atoms with E-state index in [4.69, 9.17) is 9.72 Å². The first-order chi connectivity index (χ1) is 14.1. The molecule has 1 fully saturated rings. The minimum absolute atomic E-state index is 0.0904. The van der Waals surface area contributed by atoms with Gasteiger partial charge in [-0.3, -0.25) is 4.79 Å². The normalized spacial score (nSPS) is 19.4. The van der Waals surface area contributed by atoms with E-state index in [1.807, 2.05) is 12.3 Å². The molecule has 5 heterocycles. The Hall–Kier alpha value is -3.23. The highest BCUT2D eigenvalue weighted by Gasteiger charge is 2.31. The molecule has 0 unspecified atom stereocenters. The van der Waals surface area contributed by atoms with Crippen molar-refractivity contribution in [2.24, 2.45) is 0 Å². The Morgan fingerprint density at radius 1 is 1.34 bits per heavy atom. The van der Waals surface area contributed by atoms with Crippen molar-refractivity contribution in [3.8, 4) is 5.88 Å². The van der Waals surface area contributed by atoms with Crippen LogP contribution in [0.2, 0.25) is 0 Å². The molecule has 3 aromatic heterocycles. The number of nitrogens with one attached hydrogen (secondary N) is 1. The van der Waals surface area contributed by atoms with Crippen LogP contribution in [0.5, 0.6) is 5.88 Å². The second kappa shape index (κ2) is 6.98.